The fourth-order valence-corrected chi connectivity index (χ4v) is 3.22. The van der Waals surface area contributed by atoms with E-state index in [-0.39, 0.29) is 23.8 Å². The molecule has 4 rings (SSSR count). The summed E-state index contributed by atoms with van der Waals surface area (Å²) in [5.41, 5.74) is -0.968. The quantitative estimate of drug-likeness (QED) is 0.641. The molecule has 0 bridgehead atoms. The molecule has 0 unspecified atom stereocenters. The Kier molecular flexibility index (Phi) is 4.84. The van der Waals surface area contributed by atoms with Gasteiger partial charge in [-0.2, -0.15) is 13.2 Å². The van der Waals surface area contributed by atoms with Gasteiger partial charge in [-0.05, 0) is 37.2 Å². The van der Waals surface area contributed by atoms with Crippen LogP contribution in [0.2, 0.25) is 5.02 Å². The molecule has 1 aliphatic rings. The summed E-state index contributed by atoms with van der Waals surface area (Å²) in [4.78, 5) is 7.68. The van der Waals surface area contributed by atoms with E-state index >= 15 is 0 Å². The molecule has 0 radical (unpaired) electrons. The van der Waals surface area contributed by atoms with Gasteiger partial charge in [-0.15, -0.1) is 5.10 Å². The SMILES string of the molecule is F[C@@H]1CNCC[C@H]1Nc1ncc2c(C(F)(F)F)nc(-c3ccc(Cl)cc3)n2n1. The molecule has 0 spiro atoms. The second kappa shape index (κ2) is 7.17. The molecule has 148 valence electrons. The zero-order valence-electron chi connectivity index (χ0n) is 14.3. The van der Waals surface area contributed by atoms with Crippen molar-refractivity contribution in [3.63, 3.8) is 0 Å². The Morgan fingerprint density at radius 1 is 1.21 bits per heavy atom. The van der Waals surface area contributed by atoms with Gasteiger partial charge in [-0.1, -0.05) is 11.6 Å². The highest BCUT2D eigenvalue weighted by Crippen LogP contribution is 2.34. The van der Waals surface area contributed by atoms with E-state index in [2.05, 4.69) is 25.7 Å². The van der Waals surface area contributed by atoms with Crippen molar-refractivity contribution in [2.45, 2.75) is 24.8 Å². The van der Waals surface area contributed by atoms with Gasteiger partial charge < -0.3 is 10.6 Å². The van der Waals surface area contributed by atoms with Crippen molar-refractivity contribution in [3.05, 3.63) is 41.2 Å². The summed E-state index contributed by atoms with van der Waals surface area (Å²) in [5, 5.41) is 10.4. The van der Waals surface area contributed by atoms with Gasteiger partial charge in [0.2, 0.25) is 5.95 Å². The van der Waals surface area contributed by atoms with E-state index in [1.54, 1.807) is 24.3 Å². The summed E-state index contributed by atoms with van der Waals surface area (Å²) in [6.45, 7) is 0.818. The summed E-state index contributed by atoms with van der Waals surface area (Å²) in [7, 11) is 0. The number of rotatable bonds is 3. The maximum atomic E-state index is 14.0. The van der Waals surface area contributed by atoms with Crippen LogP contribution in [-0.4, -0.2) is 44.9 Å². The van der Waals surface area contributed by atoms with E-state index in [1.165, 1.54) is 0 Å². The van der Waals surface area contributed by atoms with Gasteiger partial charge in [0.1, 0.15) is 11.7 Å². The number of aromatic nitrogens is 4. The minimum absolute atomic E-state index is 0.00782. The van der Waals surface area contributed by atoms with Gasteiger partial charge in [0, 0.05) is 17.1 Å². The van der Waals surface area contributed by atoms with E-state index < -0.39 is 24.1 Å². The minimum Gasteiger partial charge on any atom is -0.347 e. The van der Waals surface area contributed by atoms with Crippen molar-refractivity contribution in [2.24, 2.45) is 0 Å². The smallest absolute Gasteiger partial charge is 0.347 e. The van der Waals surface area contributed by atoms with Crippen molar-refractivity contribution in [1.29, 1.82) is 0 Å². The van der Waals surface area contributed by atoms with Crippen LogP contribution in [0.1, 0.15) is 12.1 Å². The maximum Gasteiger partial charge on any atom is 0.435 e. The summed E-state index contributed by atoms with van der Waals surface area (Å²) in [5.74, 6) is 0.0231. The summed E-state index contributed by atoms with van der Waals surface area (Å²) >= 11 is 5.86. The van der Waals surface area contributed by atoms with Crippen LogP contribution >= 0.6 is 11.6 Å². The third-order valence-corrected chi connectivity index (χ3v) is 4.74. The Bertz CT molecular complexity index is 988. The highest BCUT2D eigenvalue weighted by Gasteiger charge is 2.38. The number of nitrogens with one attached hydrogen (secondary N) is 2. The number of imidazole rings is 1. The molecule has 1 saturated heterocycles. The lowest BCUT2D eigenvalue weighted by Crippen LogP contribution is -2.45. The first kappa shape index (κ1) is 18.9. The number of hydrogen-bond acceptors (Lipinski definition) is 5. The van der Waals surface area contributed by atoms with E-state index in [0.29, 0.717) is 23.6 Å². The predicted octanol–water partition coefficient (Wildman–Crippen LogP) is 3.58. The molecule has 6 nitrogen and oxygen atoms in total. The Balaban J connectivity index is 1.79. The van der Waals surface area contributed by atoms with Crippen LogP contribution in [0.25, 0.3) is 16.9 Å². The zero-order chi connectivity index (χ0) is 19.9. The van der Waals surface area contributed by atoms with Crippen molar-refractivity contribution in [2.75, 3.05) is 18.4 Å². The second-order valence-electron chi connectivity index (χ2n) is 6.43. The van der Waals surface area contributed by atoms with E-state index in [4.69, 9.17) is 11.6 Å². The molecule has 2 atom stereocenters. The lowest BCUT2D eigenvalue weighted by Gasteiger charge is -2.27. The lowest BCUT2D eigenvalue weighted by molar-refractivity contribution is -0.139. The lowest BCUT2D eigenvalue weighted by atomic mass is 10.1. The molecule has 1 aliphatic heterocycles. The largest absolute Gasteiger partial charge is 0.435 e. The van der Waals surface area contributed by atoms with Gasteiger partial charge in [0.05, 0.1) is 12.2 Å². The van der Waals surface area contributed by atoms with Gasteiger partial charge in [-0.3, -0.25) is 0 Å². The monoisotopic (exact) mass is 414 g/mol. The van der Waals surface area contributed by atoms with Crippen molar-refractivity contribution in [3.8, 4) is 11.4 Å². The predicted molar refractivity (Wildman–Crippen MR) is 96.0 cm³/mol. The van der Waals surface area contributed by atoms with E-state index in [9.17, 15) is 17.6 Å². The van der Waals surface area contributed by atoms with Gasteiger partial charge >= 0.3 is 6.18 Å². The fourth-order valence-electron chi connectivity index (χ4n) is 3.09. The number of benzene rings is 1. The molecule has 3 heterocycles. The first-order valence-corrected chi connectivity index (χ1v) is 8.91. The standard InChI is InChI=1S/C17H15ClF4N6/c18-10-3-1-9(2-4-10)15-26-14(17(20,21)22)13-8-24-16(27-28(13)15)25-12-5-6-23-7-11(12)19/h1-4,8,11-12,23H,5-7H2,(H,25,27)/t11-,12-/m1/s1. The molecule has 1 aromatic carbocycles. The van der Waals surface area contributed by atoms with Crippen molar-refractivity contribution in [1.82, 2.24) is 24.9 Å². The third-order valence-electron chi connectivity index (χ3n) is 4.49. The van der Waals surface area contributed by atoms with E-state index in [0.717, 1.165) is 10.7 Å². The Labute approximate surface area is 161 Å². The summed E-state index contributed by atoms with van der Waals surface area (Å²) in [6, 6.07) is 5.68. The van der Waals surface area contributed by atoms with Crippen LogP contribution in [0.15, 0.2) is 30.5 Å². The number of anilines is 1. The van der Waals surface area contributed by atoms with Gasteiger partial charge in [0.25, 0.3) is 0 Å². The first-order chi connectivity index (χ1) is 13.3. The summed E-state index contributed by atoms with van der Waals surface area (Å²) in [6.07, 6.45) is -4.28. The van der Waals surface area contributed by atoms with Crippen LogP contribution < -0.4 is 10.6 Å². The molecule has 0 aliphatic carbocycles. The maximum absolute atomic E-state index is 14.0. The van der Waals surface area contributed by atoms with E-state index in [1.807, 2.05) is 0 Å². The first-order valence-electron chi connectivity index (χ1n) is 8.53. The average Bonchev–Trinajstić information content (AvgIpc) is 3.04. The number of piperidine rings is 1. The Hall–Kier alpha value is -2.46. The molecular formula is C17H15ClF4N6. The Morgan fingerprint density at radius 2 is 1.96 bits per heavy atom. The van der Waals surface area contributed by atoms with Crippen LogP contribution in [0.3, 0.4) is 0 Å². The number of halogens is 5. The molecule has 2 aromatic heterocycles. The third kappa shape index (κ3) is 3.61. The van der Waals surface area contributed by atoms with Crippen LogP contribution in [0.5, 0.6) is 0 Å². The fraction of sp³-hybridized carbons (Fsp3) is 0.353. The molecular weight excluding hydrogens is 400 g/mol. The van der Waals surface area contributed by atoms with Crippen LogP contribution in [0.4, 0.5) is 23.5 Å². The minimum atomic E-state index is -4.67. The van der Waals surface area contributed by atoms with Gasteiger partial charge in [-0.25, -0.2) is 18.9 Å². The van der Waals surface area contributed by atoms with Gasteiger partial charge in [0.15, 0.2) is 11.5 Å². The van der Waals surface area contributed by atoms with Crippen molar-refractivity contribution >= 4 is 23.1 Å². The molecule has 2 N–H and O–H groups in total. The summed E-state index contributed by atoms with van der Waals surface area (Å²) < 4.78 is 55.3. The number of fused-ring (bicyclic) bond motifs is 1. The molecule has 3 aromatic rings. The molecule has 0 saturated carbocycles. The molecule has 11 heteroatoms. The molecule has 28 heavy (non-hydrogen) atoms. The topological polar surface area (TPSA) is 67.1 Å². The van der Waals surface area contributed by atoms with Crippen LogP contribution in [-0.2, 0) is 6.18 Å². The average molecular weight is 415 g/mol. The zero-order valence-corrected chi connectivity index (χ0v) is 15.1. The molecule has 1 fully saturated rings. The number of hydrogen-bond donors (Lipinski definition) is 2. The van der Waals surface area contributed by atoms with Crippen LogP contribution in [0, 0.1) is 0 Å². The Morgan fingerprint density at radius 3 is 2.64 bits per heavy atom. The number of alkyl halides is 4. The second-order valence-corrected chi connectivity index (χ2v) is 6.86. The molecule has 0 amide bonds. The number of nitrogens with zero attached hydrogens (tertiary/aromatic N) is 4. The normalized spacial score (nSPS) is 20.5. The van der Waals surface area contributed by atoms with Crippen molar-refractivity contribution < 1.29 is 17.6 Å². The highest BCUT2D eigenvalue weighted by atomic mass is 35.5. The highest BCUT2D eigenvalue weighted by molar-refractivity contribution is 6.30.